The van der Waals surface area contributed by atoms with Crippen LogP contribution in [0.4, 0.5) is 23.0 Å². The molecule has 1 aromatic heterocycles. The summed E-state index contributed by atoms with van der Waals surface area (Å²) in [4.78, 5) is 18.7. The number of rotatable bonds is 2. The zero-order valence-electron chi connectivity index (χ0n) is 9.93. The van der Waals surface area contributed by atoms with Gasteiger partial charge >= 0.3 is 16.4 Å². The molecule has 1 aliphatic heterocycles. The van der Waals surface area contributed by atoms with Gasteiger partial charge in [0.05, 0.1) is 0 Å². The lowest BCUT2D eigenvalue weighted by Crippen LogP contribution is -2.29. The maximum atomic E-state index is 12.9. The minimum atomic E-state index is -5.00. The molecule has 1 unspecified atom stereocenters. The highest BCUT2D eigenvalue weighted by Crippen LogP contribution is 2.31. The van der Waals surface area contributed by atoms with Crippen molar-refractivity contribution in [3.8, 4) is 0 Å². The predicted octanol–water partition coefficient (Wildman–Crippen LogP) is 1.55. The van der Waals surface area contributed by atoms with Crippen molar-refractivity contribution in [3.63, 3.8) is 0 Å². The summed E-state index contributed by atoms with van der Waals surface area (Å²) in [5.74, 6) is -1.62. The second-order valence-electron chi connectivity index (χ2n) is 4.18. The summed E-state index contributed by atoms with van der Waals surface area (Å²) in [6, 6.07) is 0.453. The molecule has 0 bridgehead atoms. The molecule has 0 radical (unpaired) electrons. The zero-order valence-corrected chi connectivity index (χ0v) is 11.5. The van der Waals surface area contributed by atoms with Crippen molar-refractivity contribution in [2.24, 2.45) is 0 Å². The molecule has 0 aromatic carbocycles. The molecule has 0 saturated carbocycles. The molecule has 2 heterocycles. The molecule has 0 aliphatic carbocycles. The summed E-state index contributed by atoms with van der Waals surface area (Å²) in [6.45, 7) is -0.671. The first-order valence-electron chi connectivity index (χ1n) is 5.34. The largest absolute Gasteiger partial charge is 0.433 e. The van der Waals surface area contributed by atoms with Gasteiger partial charge in [0, 0.05) is 19.0 Å². The predicted molar refractivity (Wildman–Crippen MR) is 62.8 cm³/mol. The van der Waals surface area contributed by atoms with Gasteiger partial charge < -0.3 is 0 Å². The van der Waals surface area contributed by atoms with Crippen LogP contribution in [0.1, 0.15) is 12.1 Å². The Morgan fingerprint density at radius 2 is 1.95 bits per heavy atom. The number of hydrogen-bond acceptors (Lipinski definition) is 5. The molecular weight excluding hydrogens is 342 g/mol. The Hall–Kier alpha value is -1.49. The van der Waals surface area contributed by atoms with Crippen LogP contribution in [0.25, 0.3) is 0 Å². The molecule has 1 saturated heterocycles. The quantitative estimate of drug-likeness (QED) is 0.461. The first-order chi connectivity index (χ1) is 9.48. The highest BCUT2D eigenvalue weighted by atomic mass is 35.5. The fourth-order valence-corrected chi connectivity index (χ4v) is 2.58. The molecule has 2 rings (SSSR count). The van der Waals surface area contributed by atoms with E-state index >= 15 is 0 Å². The summed E-state index contributed by atoms with van der Waals surface area (Å²) in [7, 11) is -5.00. The van der Waals surface area contributed by atoms with E-state index in [1.54, 1.807) is 0 Å². The number of hydrogen-bond donors (Lipinski definition) is 0. The summed E-state index contributed by atoms with van der Waals surface area (Å²) < 4.78 is 72.1. The van der Waals surface area contributed by atoms with Gasteiger partial charge in [-0.25, -0.2) is 9.97 Å². The number of alkyl halides is 3. The molecule has 116 valence electrons. The number of anilines is 1. The van der Waals surface area contributed by atoms with Crippen molar-refractivity contribution in [1.82, 2.24) is 9.97 Å². The van der Waals surface area contributed by atoms with Crippen LogP contribution in [0.15, 0.2) is 6.07 Å². The van der Waals surface area contributed by atoms with Crippen LogP contribution >= 0.6 is 11.6 Å². The van der Waals surface area contributed by atoms with Gasteiger partial charge in [0.2, 0.25) is 11.9 Å². The van der Waals surface area contributed by atoms with Gasteiger partial charge in [-0.3, -0.25) is 9.69 Å². The fourth-order valence-electron chi connectivity index (χ4n) is 1.73. The molecule has 6 nitrogen and oxygen atoms in total. The number of nitrogens with zero attached hydrogens (tertiary/aromatic N) is 3. The van der Waals surface area contributed by atoms with Crippen molar-refractivity contribution in [2.45, 2.75) is 17.8 Å². The SMILES string of the molecule is O=C1CC(S(=O)(=O)F)CN1c1nc(Cl)cc(C(F)(F)F)n1. The van der Waals surface area contributed by atoms with Crippen LogP contribution in [0, 0.1) is 0 Å². The third-order valence-corrected chi connectivity index (χ3v) is 4.01. The van der Waals surface area contributed by atoms with Gasteiger partial charge in [-0.15, -0.1) is 3.89 Å². The molecule has 12 heteroatoms. The van der Waals surface area contributed by atoms with E-state index in [1.807, 2.05) is 0 Å². The van der Waals surface area contributed by atoms with Crippen LogP contribution in [-0.2, 0) is 21.2 Å². The maximum absolute atomic E-state index is 12.9. The van der Waals surface area contributed by atoms with Gasteiger partial charge in [-0.2, -0.15) is 21.6 Å². The lowest BCUT2D eigenvalue weighted by Gasteiger charge is -2.15. The second kappa shape index (κ2) is 5.05. The van der Waals surface area contributed by atoms with Gasteiger partial charge in [0.1, 0.15) is 10.4 Å². The number of aromatic nitrogens is 2. The Bertz CT molecular complexity index is 694. The molecule has 1 aliphatic rings. The first-order valence-corrected chi connectivity index (χ1v) is 7.16. The van der Waals surface area contributed by atoms with Gasteiger partial charge in [-0.05, 0) is 0 Å². The lowest BCUT2D eigenvalue weighted by atomic mass is 10.4. The Labute approximate surface area is 120 Å². The monoisotopic (exact) mass is 347 g/mol. The Morgan fingerprint density at radius 3 is 2.43 bits per heavy atom. The smallest absolute Gasteiger partial charge is 0.279 e. The van der Waals surface area contributed by atoms with Crippen LogP contribution in [-0.4, -0.2) is 36.1 Å². The Kier molecular flexibility index (Phi) is 3.82. The van der Waals surface area contributed by atoms with Crippen molar-refractivity contribution in [2.75, 3.05) is 11.4 Å². The maximum Gasteiger partial charge on any atom is 0.433 e. The second-order valence-corrected chi connectivity index (χ2v) is 6.18. The zero-order chi connectivity index (χ0) is 16.0. The van der Waals surface area contributed by atoms with Crippen LogP contribution in [0.2, 0.25) is 5.15 Å². The van der Waals surface area contributed by atoms with Crippen molar-refractivity contribution in [3.05, 3.63) is 16.9 Å². The van der Waals surface area contributed by atoms with E-state index in [2.05, 4.69) is 9.97 Å². The third kappa shape index (κ3) is 3.40. The molecule has 1 aromatic rings. The Balaban J connectivity index is 2.39. The third-order valence-electron chi connectivity index (χ3n) is 2.70. The van der Waals surface area contributed by atoms with Gasteiger partial charge in [0.15, 0.2) is 5.69 Å². The van der Waals surface area contributed by atoms with Crippen molar-refractivity contribution >= 4 is 33.7 Å². The van der Waals surface area contributed by atoms with E-state index in [0.29, 0.717) is 11.0 Å². The van der Waals surface area contributed by atoms with E-state index in [1.165, 1.54) is 0 Å². The van der Waals surface area contributed by atoms with Crippen molar-refractivity contribution in [1.29, 1.82) is 0 Å². The molecule has 1 fully saturated rings. The topological polar surface area (TPSA) is 80.2 Å². The average Bonchev–Trinajstić information content (AvgIpc) is 2.69. The van der Waals surface area contributed by atoms with E-state index in [4.69, 9.17) is 11.6 Å². The highest BCUT2D eigenvalue weighted by Gasteiger charge is 2.41. The molecular formula is C9H6ClF4N3O3S. The van der Waals surface area contributed by atoms with Crippen molar-refractivity contribution < 1.29 is 30.3 Å². The van der Waals surface area contributed by atoms with E-state index in [0.717, 1.165) is 0 Å². The standard InChI is InChI=1S/C9H6ClF4N3O3S/c10-6-2-5(9(11,12)13)15-8(16-6)17-3-4(1-7(17)18)21(14,19)20/h2,4H,1,3H2. The molecule has 21 heavy (non-hydrogen) atoms. The average molecular weight is 348 g/mol. The number of carbonyl (C=O) groups excluding carboxylic acids is 1. The summed E-state index contributed by atoms with van der Waals surface area (Å²) >= 11 is 5.43. The van der Waals surface area contributed by atoms with E-state index in [9.17, 15) is 30.3 Å². The highest BCUT2D eigenvalue weighted by molar-refractivity contribution is 7.87. The Morgan fingerprint density at radius 1 is 1.33 bits per heavy atom. The van der Waals surface area contributed by atoms with E-state index < -0.39 is 57.3 Å². The summed E-state index contributed by atoms with van der Waals surface area (Å²) in [5, 5.41) is -2.24. The number of amides is 1. The van der Waals surface area contributed by atoms with Crippen LogP contribution in [0.3, 0.4) is 0 Å². The molecule has 0 spiro atoms. The minimum Gasteiger partial charge on any atom is -0.279 e. The summed E-state index contributed by atoms with van der Waals surface area (Å²) in [5.41, 5.74) is -1.39. The fraction of sp³-hybridized carbons (Fsp3) is 0.444. The van der Waals surface area contributed by atoms with Crippen LogP contribution < -0.4 is 4.90 Å². The number of halogens is 5. The van der Waals surface area contributed by atoms with Gasteiger partial charge in [0.25, 0.3) is 0 Å². The van der Waals surface area contributed by atoms with E-state index in [-0.39, 0.29) is 0 Å². The number of carbonyl (C=O) groups is 1. The summed E-state index contributed by atoms with van der Waals surface area (Å²) in [6.07, 6.45) is -5.52. The lowest BCUT2D eigenvalue weighted by molar-refractivity contribution is -0.141. The molecule has 1 atom stereocenters. The van der Waals surface area contributed by atoms with Gasteiger partial charge in [-0.1, -0.05) is 11.6 Å². The molecule has 0 N–H and O–H groups in total. The molecule has 1 amide bonds. The minimum absolute atomic E-state index is 0.453. The van der Waals surface area contributed by atoms with Crippen LogP contribution in [0.5, 0.6) is 0 Å². The normalized spacial score (nSPS) is 20.1. The first kappa shape index (κ1) is 15.9.